The van der Waals surface area contributed by atoms with Crippen molar-refractivity contribution in [3.8, 4) is 0 Å². The van der Waals surface area contributed by atoms with Gasteiger partial charge in [-0.25, -0.2) is 0 Å². The van der Waals surface area contributed by atoms with Crippen LogP contribution in [-0.2, 0) is 6.42 Å². The molecule has 0 spiro atoms. The quantitative estimate of drug-likeness (QED) is 0.665. The predicted molar refractivity (Wildman–Crippen MR) is 54.4 cm³/mol. The van der Waals surface area contributed by atoms with Gasteiger partial charge >= 0.3 is 0 Å². The van der Waals surface area contributed by atoms with Crippen LogP contribution in [0.1, 0.15) is 18.9 Å². The Kier molecular flexibility index (Phi) is 3.89. The van der Waals surface area contributed by atoms with E-state index in [0.717, 1.165) is 12.8 Å². The molecule has 0 nitrogen and oxygen atoms in total. The second-order valence-corrected chi connectivity index (χ2v) is 3.16. The summed E-state index contributed by atoms with van der Waals surface area (Å²) < 4.78 is 0. The van der Waals surface area contributed by atoms with Gasteiger partial charge in [0, 0.05) is 5.54 Å². The molecule has 0 aliphatic rings. The molecule has 0 unspecified atom stereocenters. The minimum atomic E-state index is 1.05. The van der Waals surface area contributed by atoms with E-state index in [1.54, 1.807) is 5.54 Å². The first-order chi connectivity index (χ1) is 5.83. The molecule has 0 radical (unpaired) electrons. The molecule has 0 amide bonds. The van der Waals surface area contributed by atoms with Crippen molar-refractivity contribution in [3.05, 3.63) is 47.0 Å². The van der Waals surface area contributed by atoms with E-state index in [2.05, 4.69) is 31.2 Å². The highest BCUT2D eigenvalue weighted by atomic mass is 35.5. The number of aryl methyl sites for hydroxylation is 1. The van der Waals surface area contributed by atoms with Crippen molar-refractivity contribution in [2.75, 3.05) is 0 Å². The van der Waals surface area contributed by atoms with Crippen LogP contribution in [0.5, 0.6) is 0 Å². The largest absolute Gasteiger partial charge is 0.0930 e. The molecular weight excluding hydrogens is 168 g/mol. The molecule has 1 aromatic rings. The maximum Gasteiger partial charge on any atom is 0.00318 e. The standard InChI is InChI=1S/C11H13Cl/c1-10(9-12)7-8-11-5-3-2-4-6-11/h2-6,9H,7-8H2,1H3/b10-9+. The van der Waals surface area contributed by atoms with Crippen molar-refractivity contribution in [2.24, 2.45) is 0 Å². The summed E-state index contributed by atoms with van der Waals surface area (Å²) in [6, 6.07) is 10.4. The number of hydrogen-bond donors (Lipinski definition) is 0. The van der Waals surface area contributed by atoms with Gasteiger partial charge in [0.1, 0.15) is 0 Å². The highest BCUT2D eigenvalue weighted by Crippen LogP contribution is 2.08. The Morgan fingerprint density at radius 1 is 1.33 bits per heavy atom. The summed E-state index contributed by atoms with van der Waals surface area (Å²) in [7, 11) is 0. The van der Waals surface area contributed by atoms with Crippen molar-refractivity contribution in [2.45, 2.75) is 19.8 Å². The summed E-state index contributed by atoms with van der Waals surface area (Å²) in [4.78, 5) is 0. The van der Waals surface area contributed by atoms with Gasteiger partial charge in [-0.2, -0.15) is 0 Å². The van der Waals surface area contributed by atoms with Crippen LogP contribution in [0.25, 0.3) is 0 Å². The third kappa shape index (κ3) is 3.10. The number of hydrogen-bond acceptors (Lipinski definition) is 0. The Hall–Kier alpha value is -0.750. The fraction of sp³-hybridized carbons (Fsp3) is 0.273. The zero-order chi connectivity index (χ0) is 8.81. The number of benzene rings is 1. The van der Waals surface area contributed by atoms with E-state index >= 15 is 0 Å². The first kappa shape index (κ1) is 9.34. The highest BCUT2D eigenvalue weighted by molar-refractivity contribution is 6.25. The van der Waals surface area contributed by atoms with Crippen LogP contribution in [0.4, 0.5) is 0 Å². The molecule has 64 valence electrons. The average Bonchev–Trinajstić information content (AvgIpc) is 2.16. The van der Waals surface area contributed by atoms with Crippen LogP contribution in [0.15, 0.2) is 41.4 Å². The van der Waals surface area contributed by atoms with E-state index in [1.165, 1.54) is 11.1 Å². The van der Waals surface area contributed by atoms with E-state index in [0.29, 0.717) is 0 Å². The Labute approximate surface area is 78.9 Å². The molecule has 0 aliphatic carbocycles. The van der Waals surface area contributed by atoms with Crippen LogP contribution in [0, 0.1) is 0 Å². The molecule has 0 N–H and O–H groups in total. The SMILES string of the molecule is C/C(=C\Cl)CCc1ccccc1. The van der Waals surface area contributed by atoms with Crippen molar-refractivity contribution in [3.63, 3.8) is 0 Å². The topological polar surface area (TPSA) is 0 Å². The fourth-order valence-corrected chi connectivity index (χ4v) is 1.15. The highest BCUT2D eigenvalue weighted by Gasteiger charge is 1.92. The second-order valence-electron chi connectivity index (χ2n) is 2.94. The van der Waals surface area contributed by atoms with Gasteiger partial charge in [0.15, 0.2) is 0 Å². The summed E-state index contributed by atoms with van der Waals surface area (Å²) >= 11 is 5.56. The van der Waals surface area contributed by atoms with Crippen molar-refractivity contribution in [1.29, 1.82) is 0 Å². The molecule has 12 heavy (non-hydrogen) atoms. The van der Waals surface area contributed by atoms with Crippen molar-refractivity contribution < 1.29 is 0 Å². The first-order valence-electron chi connectivity index (χ1n) is 4.12. The lowest BCUT2D eigenvalue weighted by atomic mass is 10.1. The van der Waals surface area contributed by atoms with E-state index < -0.39 is 0 Å². The van der Waals surface area contributed by atoms with Gasteiger partial charge in [0.05, 0.1) is 0 Å². The van der Waals surface area contributed by atoms with Crippen molar-refractivity contribution >= 4 is 11.6 Å². The number of rotatable bonds is 3. The third-order valence-electron chi connectivity index (χ3n) is 1.84. The Balaban J connectivity index is 2.44. The third-order valence-corrected chi connectivity index (χ3v) is 2.21. The van der Waals surface area contributed by atoms with E-state index in [9.17, 15) is 0 Å². The van der Waals surface area contributed by atoms with Gasteiger partial charge in [0.25, 0.3) is 0 Å². The average molecular weight is 181 g/mol. The fourth-order valence-electron chi connectivity index (χ4n) is 1.04. The molecule has 0 saturated heterocycles. The maximum atomic E-state index is 5.56. The monoisotopic (exact) mass is 180 g/mol. The summed E-state index contributed by atoms with van der Waals surface area (Å²) in [6.07, 6.45) is 2.13. The van der Waals surface area contributed by atoms with Gasteiger partial charge in [-0.05, 0) is 25.3 Å². The molecule has 0 heterocycles. The zero-order valence-corrected chi connectivity index (χ0v) is 8.01. The molecule has 1 heteroatoms. The lowest BCUT2D eigenvalue weighted by Gasteiger charge is -1.99. The van der Waals surface area contributed by atoms with Gasteiger partial charge in [0.2, 0.25) is 0 Å². The maximum absolute atomic E-state index is 5.56. The summed E-state index contributed by atoms with van der Waals surface area (Å²) in [5.41, 5.74) is 4.26. The van der Waals surface area contributed by atoms with E-state index in [4.69, 9.17) is 11.6 Å². The lowest BCUT2D eigenvalue weighted by molar-refractivity contribution is 0.944. The van der Waals surface area contributed by atoms with Gasteiger partial charge in [-0.1, -0.05) is 47.5 Å². The molecule has 1 aromatic carbocycles. The second kappa shape index (κ2) is 5.00. The Morgan fingerprint density at radius 3 is 2.58 bits per heavy atom. The number of allylic oxidation sites excluding steroid dienone is 1. The zero-order valence-electron chi connectivity index (χ0n) is 7.26. The Morgan fingerprint density at radius 2 is 2.00 bits per heavy atom. The minimum Gasteiger partial charge on any atom is -0.0930 e. The molecule has 0 aliphatic heterocycles. The molecule has 0 atom stereocenters. The van der Waals surface area contributed by atoms with Crippen LogP contribution < -0.4 is 0 Å². The molecule has 0 fully saturated rings. The lowest BCUT2D eigenvalue weighted by Crippen LogP contribution is -1.84. The summed E-state index contributed by atoms with van der Waals surface area (Å²) in [5, 5.41) is 0. The predicted octanol–water partition coefficient (Wildman–Crippen LogP) is 3.76. The smallest absolute Gasteiger partial charge is 0.00318 e. The Bertz CT molecular complexity index is 249. The molecule has 0 saturated carbocycles. The van der Waals surface area contributed by atoms with E-state index in [-0.39, 0.29) is 0 Å². The normalized spacial score (nSPS) is 11.7. The van der Waals surface area contributed by atoms with Crippen LogP contribution in [0.3, 0.4) is 0 Å². The van der Waals surface area contributed by atoms with Crippen LogP contribution in [-0.4, -0.2) is 0 Å². The summed E-state index contributed by atoms with van der Waals surface area (Å²) in [5.74, 6) is 0. The van der Waals surface area contributed by atoms with Gasteiger partial charge in [-0.15, -0.1) is 0 Å². The minimum absolute atomic E-state index is 1.05. The first-order valence-corrected chi connectivity index (χ1v) is 4.56. The van der Waals surface area contributed by atoms with Crippen molar-refractivity contribution in [1.82, 2.24) is 0 Å². The molecule has 0 bridgehead atoms. The van der Waals surface area contributed by atoms with Crippen LogP contribution in [0.2, 0.25) is 0 Å². The molecular formula is C11H13Cl. The van der Waals surface area contributed by atoms with Gasteiger partial charge < -0.3 is 0 Å². The number of halogens is 1. The van der Waals surface area contributed by atoms with Crippen LogP contribution >= 0.6 is 11.6 Å². The summed E-state index contributed by atoms with van der Waals surface area (Å²) in [6.45, 7) is 2.05. The molecule has 0 aromatic heterocycles. The van der Waals surface area contributed by atoms with Gasteiger partial charge in [-0.3, -0.25) is 0 Å². The molecule has 1 rings (SSSR count). The van der Waals surface area contributed by atoms with E-state index in [1.807, 2.05) is 6.07 Å².